The normalized spacial score (nSPS) is 18.4. The van der Waals surface area contributed by atoms with Gasteiger partial charge in [0.15, 0.2) is 0 Å². The van der Waals surface area contributed by atoms with Crippen molar-refractivity contribution >= 4 is 35.8 Å². The molecule has 1 aromatic rings. The lowest BCUT2D eigenvalue weighted by atomic mass is 10.0. The van der Waals surface area contributed by atoms with Crippen molar-refractivity contribution in [3.8, 4) is 0 Å². The number of benzene rings is 1. The van der Waals surface area contributed by atoms with Crippen LogP contribution in [-0.4, -0.2) is 37.0 Å². The number of hydrogen-bond acceptors (Lipinski definition) is 3. The molecule has 0 radical (unpaired) electrons. The van der Waals surface area contributed by atoms with E-state index >= 15 is 0 Å². The maximum Gasteiger partial charge on any atom is 0.253 e. The molecule has 1 fully saturated rings. The highest BCUT2D eigenvalue weighted by Crippen LogP contribution is 2.15. The number of piperidine rings is 1. The predicted octanol–water partition coefficient (Wildman–Crippen LogP) is 2.38. The zero-order valence-corrected chi connectivity index (χ0v) is 15.5. The largest absolute Gasteiger partial charge is 0.350 e. The SMILES string of the molecule is CC(C)C(NC(=O)c1ccccc1Cl)C(=O)NC1CCCNC1.Cl. The summed E-state index contributed by atoms with van der Waals surface area (Å²) in [5.41, 5.74) is 0.381. The standard InChI is InChI=1S/C17H24ClN3O2.ClH/c1-11(2)15(17(23)20-12-6-5-9-19-10-12)21-16(22)13-7-3-4-8-14(13)18;/h3-4,7-8,11-12,15,19H,5-6,9-10H2,1-2H3,(H,20,23)(H,21,22);1H. The van der Waals surface area contributed by atoms with Gasteiger partial charge in [0.25, 0.3) is 5.91 Å². The molecule has 1 aliphatic rings. The second-order valence-electron chi connectivity index (χ2n) is 6.23. The lowest BCUT2D eigenvalue weighted by Gasteiger charge is -2.28. The number of carbonyl (C=O) groups is 2. The van der Waals surface area contributed by atoms with E-state index in [0.29, 0.717) is 10.6 Å². The van der Waals surface area contributed by atoms with Crippen LogP contribution in [0.25, 0.3) is 0 Å². The molecule has 1 aromatic carbocycles. The molecule has 1 aliphatic heterocycles. The molecule has 0 bridgehead atoms. The summed E-state index contributed by atoms with van der Waals surface area (Å²) < 4.78 is 0. The van der Waals surface area contributed by atoms with E-state index in [0.717, 1.165) is 25.9 Å². The van der Waals surface area contributed by atoms with Crippen molar-refractivity contribution in [2.75, 3.05) is 13.1 Å². The molecule has 7 heteroatoms. The highest BCUT2D eigenvalue weighted by Gasteiger charge is 2.27. The number of nitrogens with one attached hydrogen (secondary N) is 3. The second-order valence-corrected chi connectivity index (χ2v) is 6.63. The minimum atomic E-state index is -0.583. The molecule has 0 spiro atoms. The van der Waals surface area contributed by atoms with E-state index in [4.69, 9.17) is 11.6 Å². The Balaban J connectivity index is 0.00000288. The van der Waals surface area contributed by atoms with Crippen molar-refractivity contribution < 1.29 is 9.59 Å². The van der Waals surface area contributed by atoms with Crippen LogP contribution >= 0.6 is 24.0 Å². The zero-order valence-electron chi connectivity index (χ0n) is 14.0. The van der Waals surface area contributed by atoms with E-state index in [-0.39, 0.29) is 36.2 Å². The number of carbonyl (C=O) groups excluding carboxylic acids is 2. The molecule has 3 N–H and O–H groups in total. The summed E-state index contributed by atoms with van der Waals surface area (Å²) in [4.78, 5) is 24.9. The highest BCUT2D eigenvalue weighted by molar-refractivity contribution is 6.33. The molecule has 0 saturated carbocycles. The molecule has 2 rings (SSSR count). The summed E-state index contributed by atoms with van der Waals surface area (Å²) in [6.45, 7) is 5.59. The Hall–Kier alpha value is -1.30. The summed E-state index contributed by atoms with van der Waals surface area (Å²) in [5.74, 6) is -0.488. The minimum Gasteiger partial charge on any atom is -0.350 e. The van der Waals surface area contributed by atoms with Crippen LogP contribution in [0.2, 0.25) is 5.02 Å². The minimum absolute atomic E-state index is 0. The van der Waals surface area contributed by atoms with Gasteiger partial charge in [0.2, 0.25) is 5.91 Å². The van der Waals surface area contributed by atoms with Crippen molar-refractivity contribution in [1.29, 1.82) is 0 Å². The van der Waals surface area contributed by atoms with E-state index in [9.17, 15) is 9.59 Å². The molecule has 2 atom stereocenters. The molecule has 0 aliphatic carbocycles. The third-order valence-electron chi connectivity index (χ3n) is 4.00. The molecule has 1 saturated heterocycles. The average Bonchev–Trinajstić information content (AvgIpc) is 2.53. The molecular weight excluding hydrogens is 349 g/mol. The van der Waals surface area contributed by atoms with E-state index in [1.54, 1.807) is 24.3 Å². The Labute approximate surface area is 154 Å². The third-order valence-corrected chi connectivity index (χ3v) is 4.33. The van der Waals surface area contributed by atoms with Gasteiger partial charge in [-0.15, -0.1) is 12.4 Å². The van der Waals surface area contributed by atoms with Crippen LogP contribution in [0.3, 0.4) is 0 Å². The van der Waals surface area contributed by atoms with Gasteiger partial charge in [-0.05, 0) is 37.4 Å². The van der Waals surface area contributed by atoms with Crippen molar-refractivity contribution in [2.24, 2.45) is 5.92 Å². The Bertz CT molecular complexity index is 561. The maximum atomic E-state index is 12.5. The van der Waals surface area contributed by atoms with E-state index in [2.05, 4.69) is 16.0 Å². The molecule has 24 heavy (non-hydrogen) atoms. The maximum absolute atomic E-state index is 12.5. The molecule has 5 nitrogen and oxygen atoms in total. The summed E-state index contributed by atoms with van der Waals surface area (Å²) in [7, 11) is 0. The lowest BCUT2D eigenvalue weighted by Crippen LogP contribution is -2.54. The molecule has 1 heterocycles. The first-order chi connectivity index (χ1) is 11.0. The molecule has 2 unspecified atom stereocenters. The smallest absolute Gasteiger partial charge is 0.253 e. The van der Waals surface area contributed by atoms with Gasteiger partial charge < -0.3 is 16.0 Å². The average molecular weight is 374 g/mol. The first kappa shape index (κ1) is 20.7. The van der Waals surface area contributed by atoms with Crippen molar-refractivity contribution in [3.05, 3.63) is 34.9 Å². The predicted molar refractivity (Wildman–Crippen MR) is 98.8 cm³/mol. The Morgan fingerprint density at radius 2 is 2.00 bits per heavy atom. The Morgan fingerprint density at radius 1 is 1.29 bits per heavy atom. The first-order valence-electron chi connectivity index (χ1n) is 8.05. The van der Waals surface area contributed by atoms with Crippen molar-refractivity contribution in [2.45, 2.75) is 38.8 Å². The van der Waals surface area contributed by atoms with Crippen molar-refractivity contribution in [1.82, 2.24) is 16.0 Å². The quantitative estimate of drug-likeness (QED) is 0.741. The van der Waals surface area contributed by atoms with Crippen LogP contribution < -0.4 is 16.0 Å². The van der Waals surface area contributed by atoms with Gasteiger partial charge in [0, 0.05) is 12.6 Å². The van der Waals surface area contributed by atoms with E-state index in [1.165, 1.54) is 0 Å². The fraction of sp³-hybridized carbons (Fsp3) is 0.529. The molecular formula is C17H25Cl2N3O2. The molecule has 134 valence electrons. The summed E-state index contributed by atoms with van der Waals surface area (Å²) >= 11 is 6.05. The third kappa shape index (κ3) is 5.65. The fourth-order valence-electron chi connectivity index (χ4n) is 2.67. The van der Waals surface area contributed by atoms with Crippen LogP contribution in [0.1, 0.15) is 37.0 Å². The number of hydrogen-bond donors (Lipinski definition) is 3. The van der Waals surface area contributed by atoms with Gasteiger partial charge in [-0.2, -0.15) is 0 Å². The molecule has 0 aromatic heterocycles. The van der Waals surface area contributed by atoms with Gasteiger partial charge in [0.1, 0.15) is 6.04 Å². The Morgan fingerprint density at radius 3 is 2.58 bits per heavy atom. The number of halogens is 2. The van der Waals surface area contributed by atoms with Crippen LogP contribution in [0.4, 0.5) is 0 Å². The van der Waals surface area contributed by atoms with Crippen LogP contribution in [0, 0.1) is 5.92 Å². The van der Waals surface area contributed by atoms with Gasteiger partial charge >= 0.3 is 0 Å². The summed E-state index contributed by atoms with van der Waals surface area (Å²) in [6.07, 6.45) is 2.01. The first-order valence-corrected chi connectivity index (χ1v) is 8.43. The van der Waals surface area contributed by atoms with Crippen LogP contribution in [0.15, 0.2) is 24.3 Å². The summed E-state index contributed by atoms with van der Waals surface area (Å²) in [5, 5.41) is 9.47. The number of amides is 2. The summed E-state index contributed by atoms with van der Waals surface area (Å²) in [6, 6.07) is 6.36. The van der Waals surface area contributed by atoms with Gasteiger partial charge in [-0.25, -0.2) is 0 Å². The van der Waals surface area contributed by atoms with E-state index in [1.807, 2.05) is 13.8 Å². The van der Waals surface area contributed by atoms with Gasteiger partial charge in [-0.1, -0.05) is 37.6 Å². The monoisotopic (exact) mass is 373 g/mol. The highest BCUT2D eigenvalue weighted by atomic mass is 35.5. The Kier molecular flexibility index (Phi) is 8.53. The zero-order chi connectivity index (χ0) is 16.8. The van der Waals surface area contributed by atoms with Crippen LogP contribution in [0.5, 0.6) is 0 Å². The molecule has 2 amide bonds. The fourth-order valence-corrected chi connectivity index (χ4v) is 2.89. The van der Waals surface area contributed by atoms with Crippen molar-refractivity contribution in [3.63, 3.8) is 0 Å². The van der Waals surface area contributed by atoms with Gasteiger partial charge in [-0.3, -0.25) is 9.59 Å². The van der Waals surface area contributed by atoms with Crippen LogP contribution in [-0.2, 0) is 4.79 Å². The van der Waals surface area contributed by atoms with E-state index < -0.39 is 6.04 Å². The number of rotatable bonds is 5. The van der Waals surface area contributed by atoms with Gasteiger partial charge in [0.05, 0.1) is 10.6 Å². The topological polar surface area (TPSA) is 70.2 Å². The lowest BCUT2D eigenvalue weighted by molar-refractivity contribution is -0.124. The second kappa shape index (κ2) is 9.87.